The van der Waals surface area contributed by atoms with E-state index in [1.54, 1.807) is 35.1 Å². The van der Waals surface area contributed by atoms with Gasteiger partial charge in [0.25, 0.3) is 0 Å². The summed E-state index contributed by atoms with van der Waals surface area (Å²) in [6.07, 6.45) is 2.26. The molecule has 0 bridgehead atoms. The quantitative estimate of drug-likeness (QED) is 0.628. The lowest BCUT2D eigenvalue weighted by Crippen LogP contribution is -2.26. The summed E-state index contributed by atoms with van der Waals surface area (Å²) in [6, 6.07) is 12.0. The van der Waals surface area contributed by atoms with Gasteiger partial charge in [-0.25, -0.2) is 22.8 Å². The average Bonchev–Trinajstić information content (AvgIpc) is 2.97. The molecule has 148 valence electrons. The lowest BCUT2D eigenvalue weighted by molar-refractivity contribution is 0.340. The summed E-state index contributed by atoms with van der Waals surface area (Å²) in [5.41, 5.74) is 2.83. The molecule has 3 aromatic rings. The Balaban J connectivity index is 1.68. The fourth-order valence-electron chi connectivity index (χ4n) is 3.01. The molecule has 2 aromatic heterocycles. The molecule has 0 fully saturated rings. The molecule has 0 saturated carbocycles. The average molecular weight is 401 g/mol. The second-order valence-electron chi connectivity index (χ2n) is 6.30. The number of aryl methyl sites for hydroxylation is 1. The Labute approximate surface area is 165 Å². The van der Waals surface area contributed by atoms with Crippen molar-refractivity contribution in [3.8, 4) is 11.6 Å². The molecule has 0 saturated heterocycles. The molecule has 0 spiro atoms. The number of hydrogen-bond donors (Lipinski definition) is 1. The van der Waals surface area contributed by atoms with Gasteiger partial charge in [0, 0.05) is 18.4 Å². The zero-order chi connectivity index (χ0) is 20.1. The van der Waals surface area contributed by atoms with Crippen LogP contribution < -0.4 is 9.46 Å². The van der Waals surface area contributed by atoms with E-state index >= 15 is 0 Å². The first-order chi connectivity index (χ1) is 13.4. The van der Waals surface area contributed by atoms with Crippen molar-refractivity contribution in [2.45, 2.75) is 32.1 Å². The van der Waals surface area contributed by atoms with Crippen LogP contribution in [-0.4, -0.2) is 36.3 Å². The maximum Gasteiger partial charge on any atom is 0.240 e. The summed E-state index contributed by atoms with van der Waals surface area (Å²) < 4.78 is 34.8. The summed E-state index contributed by atoms with van der Waals surface area (Å²) in [7, 11) is -3.58. The lowest BCUT2D eigenvalue weighted by Gasteiger charge is -2.09. The summed E-state index contributed by atoms with van der Waals surface area (Å²) in [5, 5.41) is 4.54. The molecule has 0 atom stereocenters. The van der Waals surface area contributed by atoms with Crippen LogP contribution in [0.25, 0.3) is 5.82 Å². The van der Waals surface area contributed by atoms with Gasteiger partial charge in [0.1, 0.15) is 5.75 Å². The fraction of sp³-hybridized carbons (Fsp3) is 0.300. The Bertz CT molecular complexity index is 1030. The summed E-state index contributed by atoms with van der Waals surface area (Å²) in [4.78, 5) is 4.54. The minimum absolute atomic E-state index is 0.216. The first kappa shape index (κ1) is 20.0. The topological polar surface area (TPSA) is 86.1 Å². The minimum Gasteiger partial charge on any atom is -0.494 e. The van der Waals surface area contributed by atoms with Gasteiger partial charge in [-0.3, -0.25) is 0 Å². The Hall–Kier alpha value is -2.71. The van der Waals surface area contributed by atoms with Crippen molar-refractivity contribution in [1.29, 1.82) is 0 Å². The van der Waals surface area contributed by atoms with Crippen molar-refractivity contribution < 1.29 is 13.2 Å². The van der Waals surface area contributed by atoms with Crippen molar-refractivity contribution in [2.75, 3.05) is 13.2 Å². The van der Waals surface area contributed by atoms with E-state index in [1.165, 1.54) is 0 Å². The molecule has 0 aliphatic rings. The smallest absolute Gasteiger partial charge is 0.240 e. The fourth-order valence-corrected chi connectivity index (χ4v) is 4.05. The number of rotatable bonds is 8. The second-order valence-corrected chi connectivity index (χ2v) is 8.07. The van der Waals surface area contributed by atoms with Gasteiger partial charge in [-0.2, -0.15) is 5.10 Å². The molecule has 28 heavy (non-hydrogen) atoms. The van der Waals surface area contributed by atoms with E-state index < -0.39 is 10.0 Å². The molecule has 0 aliphatic heterocycles. The van der Waals surface area contributed by atoms with Gasteiger partial charge < -0.3 is 4.74 Å². The Morgan fingerprint density at radius 2 is 1.86 bits per heavy atom. The molecule has 1 N–H and O–H groups in total. The van der Waals surface area contributed by atoms with Crippen LogP contribution in [0.2, 0.25) is 0 Å². The molecule has 7 nitrogen and oxygen atoms in total. The zero-order valence-electron chi connectivity index (χ0n) is 16.2. The van der Waals surface area contributed by atoms with Crippen molar-refractivity contribution >= 4 is 10.0 Å². The summed E-state index contributed by atoms with van der Waals surface area (Å²) in [6.45, 7) is 6.58. The van der Waals surface area contributed by atoms with Crippen LogP contribution in [0.1, 0.15) is 23.9 Å². The van der Waals surface area contributed by atoms with E-state index in [4.69, 9.17) is 4.74 Å². The van der Waals surface area contributed by atoms with Crippen molar-refractivity contribution in [1.82, 2.24) is 19.5 Å². The summed E-state index contributed by atoms with van der Waals surface area (Å²) >= 11 is 0. The number of benzene rings is 1. The number of hydrogen-bond acceptors (Lipinski definition) is 5. The molecular weight excluding hydrogens is 376 g/mol. The van der Waals surface area contributed by atoms with Crippen LogP contribution in [0.4, 0.5) is 0 Å². The van der Waals surface area contributed by atoms with Crippen LogP contribution in [0.5, 0.6) is 5.75 Å². The van der Waals surface area contributed by atoms with Crippen molar-refractivity contribution in [3.63, 3.8) is 0 Å². The highest BCUT2D eigenvalue weighted by Crippen LogP contribution is 2.18. The minimum atomic E-state index is -3.58. The van der Waals surface area contributed by atoms with Gasteiger partial charge in [-0.1, -0.05) is 6.07 Å². The third-order valence-electron chi connectivity index (χ3n) is 4.42. The SMILES string of the molecule is CCOc1ccc(S(=O)(=O)NCCc2c(C)nn(-c3ccccn3)c2C)cc1. The van der Waals surface area contributed by atoms with Gasteiger partial charge in [-0.05, 0) is 69.2 Å². The third-order valence-corrected chi connectivity index (χ3v) is 5.90. The Morgan fingerprint density at radius 3 is 2.50 bits per heavy atom. The molecule has 1 aromatic carbocycles. The highest BCUT2D eigenvalue weighted by molar-refractivity contribution is 7.89. The molecule has 2 heterocycles. The molecule has 0 amide bonds. The standard InChI is InChI=1S/C20H24N4O3S/c1-4-27-17-8-10-18(11-9-17)28(25,26)22-14-12-19-15(2)23-24(16(19)3)20-7-5-6-13-21-20/h5-11,13,22H,4,12,14H2,1-3H3. The van der Waals surface area contributed by atoms with E-state index in [2.05, 4.69) is 14.8 Å². The van der Waals surface area contributed by atoms with Gasteiger partial charge in [-0.15, -0.1) is 0 Å². The predicted octanol–water partition coefficient (Wildman–Crippen LogP) is 2.80. The molecular formula is C20H24N4O3S. The number of ether oxygens (including phenoxy) is 1. The van der Waals surface area contributed by atoms with E-state index in [1.807, 2.05) is 39.0 Å². The van der Waals surface area contributed by atoms with E-state index in [9.17, 15) is 8.42 Å². The molecule has 0 radical (unpaired) electrons. The maximum absolute atomic E-state index is 12.5. The zero-order valence-corrected chi connectivity index (χ0v) is 17.0. The number of sulfonamides is 1. The highest BCUT2D eigenvalue weighted by atomic mass is 32.2. The number of pyridine rings is 1. The molecule has 3 rings (SSSR count). The van der Waals surface area contributed by atoms with Gasteiger partial charge >= 0.3 is 0 Å². The first-order valence-electron chi connectivity index (χ1n) is 9.11. The van der Waals surface area contributed by atoms with Crippen LogP contribution in [0, 0.1) is 13.8 Å². The van der Waals surface area contributed by atoms with Crippen LogP contribution in [-0.2, 0) is 16.4 Å². The van der Waals surface area contributed by atoms with Gasteiger partial charge in [0.2, 0.25) is 10.0 Å². The van der Waals surface area contributed by atoms with E-state index in [-0.39, 0.29) is 11.4 Å². The highest BCUT2D eigenvalue weighted by Gasteiger charge is 2.16. The predicted molar refractivity (Wildman–Crippen MR) is 107 cm³/mol. The molecule has 0 unspecified atom stereocenters. The number of aromatic nitrogens is 3. The van der Waals surface area contributed by atoms with Crippen LogP contribution in [0.15, 0.2) is 53.6 Å². The van der Waals surface area contributed by atoms with Gasteiger partial charge in [0.05, 0.1) is 17.2 Å². The largest absolute Gasteiger partial charge is 0.494 e. The van der Waals surface area contributed by atoms with Gasteiger partial charge in [0.15, 0.2) is 5.82 Å². The van der Waals surface area contributed by atoms with E-state index in [0.29, 0.717) is 18.8 Å². The van der Waals surface area contributed by atoms with Crippen molar-refractivity contribution in [2.24, 2.45) is 0 Å². The molecule has 8 heteroatoms. The van der Waals surface area contributed by atoms with Crippen LogP contribution in [0.3, 0.4) is 0 Å². The van der Waals surface area contributed by atoms with Crippen LogP contribution >= 0.6 is 0 Å². The second kappa shape index (κ2) is 8.53. The van der Waals surface area contributed by atoms with Crippen molar-refractivity contribution in [3.05, 3.63) is 65.6 Å². The molecule has 0 aliphatic carbocycles. The monoisotopic (exact) mass is 400 g/mol. The summed E-state index contributed by atoms with van der Waals surface area (Å²) in [5.74, 6) is 1.39. The normalized spacial score (nSPS) is 11.5. The lowest BCUT2D eigenvalue weighted by atomic mass is 10.1. The third kappa shape index (κ3) is 4.40. The van der Waals surface area contributed by atoms with E-state index in [0.717, 1.165) is 22.8 Å². The number of nitrogens with one attached hydrogen (secondary N) is 1. The maximum atomic E-state index is 12.5. The first-order valence-corrected chi connectivity index (χ1v) is 10.6. The Morgan fingerprint density at radius 1 is 1.11 bits per heavy atom. The number of nitrogens with zero attached hydrogens (tertiary/aromatic N) is 3. The Kier molecular flexibility index (Phi) is 6.11.